The molecule has 0 aromatic heterocycles. The third-order valence-electron chi connectivity index (χ3n) is 5.88. The van der Waals surface area contributed by atoms with E-state index in [9.17, 15) is 17.6 Å². The van der Waals surface area contributed by atoms with Crippen LogP contribution in [0.5, 0.6) is 23.0 Å². The summed E-state index contributed by atoms with van der Waals surface area (Å²) in [5.41, 5.74) is 10.5. The van der Waals surface area contributed by atoms with Gasteiger partial charge in [-0.2, -0.15) is 13.2 Å². The van der Waals surface area contributed by atoms with Crippen LogP contribution < -0.4 is 20.9 Å². The van der Waals surface area contributed by atoms with Gasteiger partial charge in [0.2, 0.25) is 0 Å². The molecule has 0 aliphatic rings. The van der Waals surface area contributed by atoms with Crippen molar-refractivity contribution in [1.29, 1.82) is 0 Å². The number of nitrogen functional groups attached to an aromatic ring is 2. The minimum atomic E-state index is -4.61. The molecule has 36 heavy (non-hydrogen) atoms. The zero-order valence-corrected chi connectivity index (χ0v) is 19.6. The molecule has 4 nitrogen and oxygen atoms in total. The van der Waals surface area contributed by atoms with Crippen LogP contribution in [0, 0.1) is 5.82 Å². The summed E-state index contributed by atoms with van der Waals surface area (Å²) in [5.74, 6) is 0.532. The van der Waals surface area contributed by atoms with E-state index in [-0.39, 0.29) is 22.9 Å². The highest BCUT2D eigenvalue weighted by atomic mass is 19.4. The number of para-hydroxylation sites is 2. The molecule has 4 aromatic carbocycles. The first-order chi connectivity index (χ1) is 17.0. The van der Waals surface area contributed by atoms with Crippen LogP contribution in [0.3, 0.4) is 0 Å². The van der Waals surface area contributed by atoms with Crippen LogP contribution in [0.4, 0.5) is 28.9 Å². The summed E-state index contributed by atoms with van der Waals surface area (Å²) in [6, 6.07) is 21.9. The first-order valence-corrected chi connectivity index (χ1v) is 11.0. The molecule has 0 atom stereocenters. The fourth-order valence-electron chi connectivity index (χ4n) is 3.96. The molecular formula is C28H24F4N2O2. The lowest BCUT2D eigenvalue weighted by atomic mass is 9.77. The van der Waals surface area contributed by atoms with E-state index in [1.165, 1.54) is 24.3 Å². The normalized spacial score (nSPS) is 11.8. The summed E-state index contributed by atoms with van der Waals surface area (Å²) in [6.45, 7) is 3.87. The molecule has 4 aromatic rings. The van der Waals surface area contributed by atoms with Gasteiger partial charge in [0, 0.05) is 28.3 Å². The molecule has 0 spiro atoms. The second-order valence-corrected chi connectivity index (χ2v) is 8.75. The van der Waals surface area contributed by atoms with E-state index in [1.54, 1.807) is 30.3 Å². The Morgan fingerprint density at radius 2 is 1.08 bits per heavy atom. The van der Waals surface area contributed by atoms with Crippen molar-refractivity contribution in [2.24, 2.45) is 0 Å². The second-order valence-electron chi connectivity index (χ2n) is 8.75. The zero-order valence-electron chi connectivity index (χ0n) is 19.6. The standard InChI is InChI=1S/C28H24F4N2O2/c1-27(2,20-8-4-6-10-26(20)36-18-12-14-24(34)22(29)16-18)19-7-3-5-9-25(19)35-17-11-13-23(33)21(15-17)28(30,31)32/h3-16H,33-34H2,1-2H3. The Balaban J connectivity index is 1.72. The van der Waals surface area contributed by atoms with Crippen LogP contribution in [0.2, 0.25) is 0 Å². The minimum Gasteiger partial charge on any atom is -0.457 e. The minimum absolute atomic E-state index is 0.00154. The zero-order chi connectivity index (χ0) is 26.1. The topological polar surface area (TPSA) is 70.5 Å². The molecule has 0 fully saturated rings. The van der Waals surface area contributed by atoms with Crippen LogP contribution in [-0.2, 0) is 11.6 Å². The Bertz CT molecular complexity index is 1400. The van der Waals surface area contributed by atoms with Gasteiger partial charge in [0.05, 0.1) is 11.3 Å². The molecule has 0 unspecified atom stereocenters. The third-order valence-corrected chi connectivity index (χ3v) is 5.88. The van der Waals surface area contributed by atoms with Crippen molar-refractivity contribution < 1.29 is 27.0 Å². The Morgan fingerprint density at radius 3 is 1.58 bits per heavy atom. The van der Waals surface area contributed by atoms with Gasteiger partial charge in [-0.1, -0.05) is 50.2 Å². The molecule has 0 radical (unpaired) electrons. The van der Waals surface area contributed by atoms with Gasteiger partial charge in [-0.3, -0.25) is 0 Å². The van der Waals surface area contributed by atoms with Crippen LogP contribution in [0.15, 0.2) is 84.9 Å². The van der Waals surface area contributed by atoms with E-state index in [2.05, 4.69) is 0 Å². The predicted molar refractivity (Wildman–Crippen MR) is 132 cm³/mol. The van der Waals surface area contributed by atoms with Gasteiger partial charge in [0.15, 0.2) is 0 Å². The highest BCUT2D eigenvalue weighted by Gasteiger charge is 2.34. The van der Waals surface area contributed by atoms with E-state index in [4.69, 9.17) is 20.9 Å². The summed E-state index contributed by atoms with van der Waals surface area (Å²) in [7, 11) is 0. The van der Waals surface area contributed by atoms with Gasteiger partial charge in [-0.05, 0) is 42.5 Å². The monoisotopic (exact) mass is 496 g/mol. The van der Waals surface area contributed by atoms with Gasteiger partial charge in [0.25, 0.3) is 0 Å². The molecule has 0 amide bonds. The van der Waals surface area contributed by atoms with E-state index in [0.717, 1.165) is 11.6 Å². The largest absolute Gasteiger partial charge is 0.457 e. The number of halogens is 4. The van der Waals surface area contributed by atoms with Gasteiger partial charge < -0.3 is 20.9 Å². The Kier molecular flexibility index (Phi) is 6.54. The molecule has 8 heteroatoms. The number of hydrogen-bond acceptors (Lipinski definition) is 4. The predicted octanol–water partition coefficient (Wildman–Crippen LogP) is 7.92. The molecule has 186 valence electrons. The van der Waals surface area contributed by atoms with E-state index >= 15 is 0 Å². The molecule has 0 aliphatic carbocycles. The van der Waals surface area contributed by atoms with Gasteiger partial charge in [0.1, 0.15) is 28.8 Å². The maximum absolute atomic E-state index is 14.0. The lowest BCUT2D eigenvalue weighted by Crippen LogP contribution is -2.20. The summed E-state index contributed by atoms with van der Waals surface area (Å²) in [5, 5.41) is 0. The fourth-order valence-corrected chi connectivity index (χ4v) is 3.96. The number of benzene rings is 4. The summed E-state index contributed by atoms with van der Waals surface area (Å²) < 4.78 is 66.0. The Morgan fingerprint density at radius 1 is 0.611 bits per heavy atom. The lowest BCUT2D eigenvalue weighted by Gasteiger charge is -2.30. The maximum Gasteiger partial charge on any atom is 0.418 e. The van der Waals surface area contributed by atoms with E-state index < -0.39 is 23.0 Å². The average molecular weight is 497 g/mol. The Labute approximate surface area is 206 Å². The highest BCUT2D eigenvalue weighted by Crippen LogP contribution is 2.44. The Hall–Kier alpha value is -4.20. The highest BCUT2D eigenvalue weighted by molar-refractivity contribution is 5.55. The van der Waals surface area contributed by atoms with Crippen molar-refractivity contribution in [1.82, 2.24) is 0 Å². The molecule has 0 saturated carbocycles. The number of hydrogen-bond donors (Lipinski definition) is 2. The molecule has 0 saturated heterocycles. The number of rotatable bonds is 6. The SMILES string of the molecule is CC(C)(c1ccccc1Oc1ccc(N)c(F)c1)c1ccccc1Oc1ccc(N)c(C(F)(F)F)c1. The fraction of sp³-hybridized carbons (Fsp3) is 0.143. The van der Waals surface area contributed by atoms with Crippen molar-refractivity contribution in [2.75, 3.05) is 11.5 Å². The third kappa shape index (κ3) is 5.07. The second kappa shape index (κ2) is 9.45. The van der Waals surface area contributed by atoms with Crippen LogP contribution in [0.1, 0.15) is 30.5 Å². The molecule has 0 bridgehead atoms. The van der Waals surface area contributed by atoms with Gasteiger partial charge >= 0.3 is 6.18 Å². The molecule has 0 aliphatic heterocycles. The number of nitrogens with two attached hydrogens (primary N) is 2. The van der Waals surface area contributed by atoms with Crippen LogP contribution >= 0.6 is 0 Å². The van der Waals surface area contributed by atoms with Crippen molar-refractivity contribution >= 4 is 11.4 Å². The van der Waals surface area contributed by atoms with Crippen LogP contribution in [0.25, 0.3) is 0 Å². The van der Waals surface area contributed by atoms with Crippen molar-refractivity contribution in [3.63, 3.8) is 0 Å². The van der Waals surface area contributed by atoms with Crippen LogP contribution in [-0.4, -0.2) is 0 Å². The van der Waals surface area contributed by atoms with E-state index in [0.29, 0.717) is 17.1 Å². The molecule has 4 N–H and O–H groups in total. The first kappa shape index (κ1) is 24.9. The van der Waals surface area contributed by atoms with Crippen molar-refractivity contribution in [2.45, 2.75) is 25.4 Å². The maximum atomic E-state index is 14.0. The van der Waals surface area contributed by atoms with Gasteiger partial charge in [-0.25, -0.2) is 4.39 Å². The summed E-state index contributed by atoms with van der Waals surface area (Å²) >= 11 is 0. The molecular weight excluding hydrogens is 472 g/mol. The van der Waals surface area contributed by atoms with Crippen molar-refractivity contribution in [3.8, 4) is 23.0 Å². The van der Waals surface area contributed by atoms with E-state index in [1.807, 2.05) is 38.1 Å². The first-order valence-electron chi connectivity index (χ1n) is 11.0. The van der Waals surface area contributed by atoms with Crippen molar-refractivity contribution in [3.05, 3.63) is 107 Å². The van der Waals surface area contributed by atoms with Gasteiger partial charge in [-0.15, -0.1) is 0 Å². The number of anilines is 2. The number of alkyl halides is 3. The smallest absolute Gasteiger partial charge is 0.418 e. The lowest BCUT2D eigenvalue weighted by molar-refractivity contribution is -0.137. The number of ether oxygens (including phenoxy) is 2. The molecule has 4 rings (SSSR count). The summed E-state index contributed by atoms with van der Waals surface area (Å²) in [6.07, 6.45) is -4.61. The average Bonchev–Trinajstić information content (AvgIpc) is 2.82. The quantitative estimate of drug-likeness (QED) is 0.210. The summed E-state index contributed by atoms with van der Waals surface area (Å²) in [4.78, 5) is 0. The molecule has 0 heterocycles.